The molecule has 1 aliphatic rings. The van der Waals surface area contributed by atoms with Gasteiger partial charge in [0, 0.05) is 31.5 Å². The first-order valence-electron chi connectivity index (χ1n) is 6.69. The predicted octanol–water partition coefficient (Wildman–Crippen LogP) is 1.52. The number of nitrogens with one attached hydrogen (secondary N) is 1. The van der Waals surface area contributed by atoms with E-state index in [0.717, 1.165) is 37.5 Å². The number of imidazole rings is 1. The lowest BCUT2D eigenvalue weighted by molar-refractivity contribution is 0.262. The van der Waals surface area contributed by atoms with E-state index >= 15 is 0 Å². The van der Waals surface area contributed by atoms with Crippen molar-refractivity contribution in [2.24, 2.45) is 0 Å². The third kappa shape index (κ3) is 2.54. The van der Waals surface area contributed by atoms with Crippen LogP contribution in [0, 0.1) is 0 Å². The molecule has 18 heavy (non-hydrogen) atoms. The number of pyridine rings is 1. The highest BCUT2D eigenvalue weighted by molar-refractivity contribution is 5.39. The Balaban J connectivity index is 1.74. The van der Waals surface area contributed by atoms with Crippen LogP contribution in [0.2, 0.25) is 0 Å². The monoisotopic (exact) mass is 244 g/mol. The normalized spacial score (nSPS) is 22.2. The van der Waals surface area contributed by atoms with E-state index in [-0.39, 0.29) is 0 Å². The molecule has 0 spiro atoms. The first-order chi connectivity index (χ1) is 8.81. The highest BCUT2D eigenvalue weighted by Crippen LogP contribution is 2.09. The molecule has 1 unspecified atom stereocenters. The van der Waals surface area contributed by atoms with Crippen molar-refractivity contribution in [2.45, 2.75) is 25.9 Å². The molecule has 0 bridgehead atoms. The maximum atomic E-state index is 4.66. The predicted molar refractivity (Wildman–Crippen MR) is 72.6 cm³/mol. The molecule has 0 aliphatic carbocycles. The van der Waals surface area contributed by atoms with Crippen molar-refractivity contribution >= 4 is 5.65 Å². The van der Waals surface area contributed by atoms with Crippen LogP contribution in [0.1, 0.15) is 19.0 Å². The highest BCUT2D eigenvalue weighted by Gasteiger charge is 2.15. The van der Waals surface area contributed by atoms with Gasteiger partial charge in [-0.15, -0.1) is 0 Å². The molecule has 96 valence electrons. The van der Waals surface area contributed by atoms with E-state index in [2.05, 4.69) is 45.0 Å². The molecule has 0 saturated carbocycles. The van der Waals surface area contributed by atoms with Crippen LogP contribution in [0.25, 0.3) is 5.65 Å². The van der Waals surface area contributed by atoms with Gasteiger partial charge < -0.3 is 9.72 Å². The molecule has 1 aliphatic heterocycles. The molecule has 0 radical (unpaired) electrons. The summed E-state index contributed by atoms with van der Waals surface area (Å²) in [5.41, 5.74) is 2.20. The van der Waals surface area contributed by atoms with E-state index < -0.39 is 0 Å². The van der Waals surface area contributed by atoms with Gasteiger partial charge in [-0.2, -0.15) is 0 Å². The zero-order valence-electron chi connectivity index (χ0n) is 10.8. The van der Waals surface area contributed by atoms with Gasteiger partial charge in [0.05, 0.1) is 5.69 Å². The van der Waals surface area contributed by atoms with Crippen LogP contribution in [0.3, 0.4) is 0 Å². The Morgan fingerprint density at radius 1 is 1.44 bits per heavy atom. The van der Waals surface area contributed by atoms with E-state index in [0.29, 0.717) is 6.04 Å². The summed E-state index contributed by atoms with van der Waals surface area (Å²) in [7, 11) is 0. The Labute approximate surface area is 108 Å². The van der Waals surface area contributed by atoms with Crippen LogP contribution in [-0.2, 0) is 6.54 Å². The molecule has 0 amide bonds. The molecule has 1 N–H and O–H groups in total. The average Bonchev–Trinajstić information content (AvgIpc) is 2.65. The van der Waals surface area contributed by atoms with Crippen molar-refractivity contribution in [3.05, 3.63) is 36.3 Å². The lowest BCUT2D eigenvalue weighted by Crippen LogP contribution is -2.35. The van der Waals surface area contributed by atoms with Crippen LogP contribution in [0.15, 0.2) is 30.6 Å². The van der Waals surface area contributed by atoms with Crippen LogP contribution in [0.5, 0.6) is 0 Å². The standard InChI is InChI=1S/C14H20N4/c1-12-9-17(7-4-6-15-12)10-13-11-18-8-3-2-5-14(18)16-13/h2-3,5,8,11-12,15H,4,6-7,9-10H2,1H3. The fourth-order valence-electron chi connectivity index (χ4n) is 2.63. The molecule has 2 aromatic rings. The number of hydrogen-bond donors (Lipinski definition) is 1. The van der Waals surface area contributed by atoms with Gasteiger partial charge in [0.15, 0.2) is 0 Å². The molecule has 4 nitrogen and oxygen atoms in total. The summed E-state index contributed by atoms with van der Waals surface area (Å²) in [5, 5.41) is 3.52. The van der Waals surface area contributed by atoms with Gasteiger partial charge in [-0.1, -0.05) is 6.07 Å². The Hall–Kier alpha value is -1.39. The summed E-state index contributed by atoms with van der Waals surface area (Å²) in [5.74, 6) is 0. The first-order valence-corrected chi connectivity index (χ1v) is 6.69. The zero-order chi connectivity index (χ0) is 12.4. The zero-order valence-corrected chi connectivity index (χ0v) is 10.8. The highest BCUT2D eigenvalue weighted by atomic mass is 15.2. The molecule has 1 saturated heterocycles. The van der Waals surface area contributed by atoms with Gasteiger partial charge in [-0.05, 0) is 38.6 Å². The van der Waals surface area contributed by atoms with Crippen LogP contribution in [0.4, 0.5) is 0 Å². The van der Waals surface area contributed by atoms with Crippen LogP contribution >= 0.6 is 0 Å². The molecular weight excluding hydrogens is 224 g/mol. The summed E-state index contributed by atoms with van der Waals surface area (Å²) in [4.78, 5) is 7.16. The minimum Gasteiger partial charge on any atom is -0.313 e. The van der Waals surface area contributed by atoms with Crippen molar-refractivity contribution in [3.8, 4) is 0 Å². The summed E-state index contributed by atoms with van der Waals surface area (Å²) in [6.45, 7) is 6.59. The van der Waals surface area contributed by atoms with Crippen molar-refractivity contribution in [2.75, 3.05) is 19.6 Å². The molecule has 3 rings (SSSR count). The van der Waals surface area contributed by atoms with Gasteiger partial charge in [-0.3, -0.25) is 4.90 Å². The van der Waals surface area contributed by atoms with E-state index in [4.69, 9.17) is 0 Å². The van der Waals surface area contributed by atoms with E-state index in [1.165, 1.54) is 6.42 Å². The van der Waals surface area contributed by atoms with Gasteiger partial charge in [0.2, 0.25) is 0 Å². The molecule has 2 aromatic heterocycles. The third-order valence-electron chi connectivity index (χ3n) is 3.48. The van der Waals surface area contributed by atoms with Crippen molar-refractivity contribution < 1.29 is 0 Å². The number of rotatable bonds is 2. The SMILES string of the molecule is CC1CN(Cc2cn3ccccc3n2)CCCN1. The lowest BCUT2D eigenvalue weighted by Gasteiger charge is -2.20. The second-order valence-electron chi connectivity index (χ2n) is 5.14. The Morgan fingerprint density at radius 3 is 3.28 bits per heavy atom. The quantitative estimate of drug-likeness (QED) is 0.869. The van der Waals surface area contributed by atoms with Gasteiger partial charge in [0.25, 0.3) is 0 Å². The van der Waals surface area contributed by atoms with Gasteiger partial charge in [-0.25, -0.2) is 4.98 Å². The lowest BCUT2D eigenvalue weighted by atomic mass is 10.3. The second-order valence-corrected chi connectivity index (χ2v) is 5.14. The Morgan fingerprint density at radius 2 is 2.39 bits per heavy atom. The molecular formula is C14H20N4. The van der Waals surface area contributed by atoms with E-state index in [1.54, 1.807) is 0 Å². The summed E-state index contributed by atoms with van der Waals surface area (Å²) < 4.78 is 2.09. The van der Waals surface area contributed by atoms with E-state index in [1.807, 2.05) is 12.1 Å². The molecule has 1 atom stereocenters. The maximum absolute atomic E-state index is 4.66. The minimum absolute atomic E-state index is 0.574. The maximum Gasteiger partial charge on any atom is 0.137 e. The van der Waals surface area contributed by atoms with Gasteiger partial charge in [0.1, 0.15) is 5.65 Å². The van der Waals surface area contributed by atoms with Gasteiger partial charge >= 0.3 is 0 Å². The average molecular weight is 244 g/mol. The third-order valence-corrected chi connectivity index (χ3v) is 3.48. The van der Waals surface area contributed by atoms with Crippen molar-refractivity contribution in [1.82, 2.24) is 19.6 Å². The van der Waals surface area contributed by atoms with Crippen molar-refractivity contribution in [1.29, 1.82) is 0 Å². The largest absolute Gasteiger partial charge is 0.313 e. The topological polar surface area (TPSA) is 32.6 Å². The smallest absolute Gasteiger partial charge is 0.137 e. The fourth-order valence-corrected chi connectivity index (χ4v) is 2.63. The van der Waals surface area contributed by atoms with Crippen molar-refractivity contribution in [3.63, 3.8) is 0 Å². The van der Waals surface area contributed by atoms with E-state index in [9.17, 15) is 0 Å². The second kappa shape index (κ2) is 5.08. The number of nitrogens with zero attached hydrogens (tertiary/aromatic N) is 3. The molecule has 4 heteroatoms. The molecule has 1 fully saturated rings. The Kier molecular flexibility index (Phi) is 3.30. The van der Waals surface area contributed by atoms with Crippen LogP contribution in [-0.4, -0.2) is 40.0 Å². The number of fused-ring (bicyclic) bond motifs is 1. The summed E-state index contributed by atoms with van der Waals surface area (Å²) in [6, 6.07) is 6.70. The first kappa shape index (κ1) is 11.7. The molecule has 0 aromatic carbocycles. The Bertz CT molecular complexity index is 486. The summed E-state index contributed by atoms with van der Waals surface area (Å²) >= 11 is 0. The molecule has 3 heterocycles. The van der Waals surface area contributed by atoms with Crippen LogP contribution < -0.4 is 5.32 Å². The fraction of sp³-hybridized carbons (Fsp3) is 0.500. The summed E-state index contributed by atoms with van der Waals surface area (Å²) in [6.07, 6.45) is 5.41. The minimum atomic E-state index is 0.574. The number of aromatic nitrogens is 2. The number of hydrogen-bond acceptors (Lipinski definition) is 3.